The van der Waals surface area contributed by atoms with Gasteiger partial charge in [-0.2, -0.15) is 4.98 Å². The Bertz CT molecular complexity index is 1450. The molecule has 0 bridgehead atoms. The molecule has 4 rings (SSSR count). The zero-order valence-electron chi connectivity index (χ0n) is 19.7. The summed E-state index contributed by atoms with van der Waals surface area (Å²) in [5.41, 5.74) is 2.10. The fourth-order valence-corrected chi connectivity index (χ4v) is 3.92. The number of rotatable bonds is 6. The molecule has 0 atom stereocenters. The molecule has 35 heavy (non-hydrogen) atoms. The molecule has 4 aromatic rings. The molecular formula is C26H24BrFN4O3. The van der Waals surface area contributed by atoms with Gasteiger partial charge in [-0.05, 0) is 79.0 Å². The molecule has 1 N–H and O–H groups in total. The van der Waals surface area contributed by atoms with Crippen LogP contribution in [0.3, 0.4) is 0 Å². The minimum atomic E-state index is -1.19. The van der Waals surface area contributed by atoms with Crippen LogP contribution in [0.15, 0.2) is 64.0 Å². The topological polar surface area (TPSA) is 90.1 Å². The van der Waals surface area contributed by atoms with Crippen LogP contribution in [0.2, 0.25) is 0 Å². The third-order valence-electron chi connectivity index (χ3n) is 5.35. The Morgan fingerprint density at radius 2 is 1.83 bits per heavy atom. The zero-order valence-corrected chi connectivity index (χ0v) is 21.3. The maximum absolute atomic E-state index is 13.3. The number of benzene rings is 2. The molecule has 0 amide bonds. The Labute approximate surface area is 210 Å². The van der Waals surface area contributed by atoms with Crippen molar-refractivity contribution in [3.8, 4) is 22.8 Å². The number of hydrogen-bond donors (Lipinski definition) is 1. The number of aliphatic hydroxyl groups is 1. The average molecular weight is 539 g/mol. The average Bonchev–Trinajstić information content (AvgIpc) is 2.81. The highest BCUT2D eigenvalue weighted by Gasteiger charge is 2.21. The molecule has 0 aliphatic heterocycles. The maximum Gasteiger partial charge on any atom is 0.276 e. The number of nitrogens with zero attached hydrogens (tertiary/aromatic N) is 4. The van der Waals surface area contributed by atoms with Crippen molar-refractivity contribution < 1.29 is 14.2 Å². The van der Waals surface area contributed by atoms with Crippen molar-refractivity contribution in [1.29, 1.82) is 0 Å². The summed E-state index contributed by atoms with van der Waals surface area (Å²) in [5, 5.41) is 10.3. The fraction of sp³-hybridized carbons (Fsp3) is 0.231. The first-order chi connectivity index (χ1) is 16.5. The van der Waals surface area contributed by atoms with Crippen LogP contribution in [0.25, 0.3) is 16.9 Å². The lowest BCUT2D eigenvalue weighted by molar-refractivity contribution is 0.0688. The van der Waals surface area contributed by atoms with Crippen molar-refractivity contribution in [2.45, 2.75) is 39.9 Å². The van der Waals surface area contributed by atoms with E-state index in [4.69, 9.17) is 4.74 Å². The molecule has 2 aromatic heterocycles. The summed E-state index contributed by atoms with van der Waals surface area (Å²) >= 11 is 3.32. The molecule has 7 nitrogen and oxygen atoms in total. The van der Waals surface area contributed by atoms with Crippen molar-refractivity contribution in [3.63, 3.8) is 0 Å². The van der Waals surface area contributed by atoms with Gasteiger partial charge < -0.3 is 9.84 Å². The number of halogens is 2. The van der Waals surface area contributed by atoms with Crippen molar-refractivity contribution in [1.82, 2.24) is 19.5 Å². The SMILES string of the molecule is Cc1cnc(C(C)(C)O)nc1-c1cccc(-n2c(C)nc(OCc3ccc(F)cc3)c(Br)c2=O)c1. The van der Waals surface area contributed by atoms with Crippen LogP contribution >= 0.6 is 15.9 Å². The molecule has 0 radical (unpaired) electrons. The monoisotopic (exact) mass is 538 g/mol. The molecule has 0 saturated carbocycles. The first-order valence-electron chi connectivity index (χ1n) is 10.9. The normalized spacial score (nSPS) is 11.5. The molecule has 0 fully saturated rings. The van der Waals surface area contributed by atoms with Gasteiger partial charge in [0.1, 0.15) is 28.3 Å². The summed E-state index contributed by atoms with van der Waals surface area (Å²) in [7, 11) is 0. The maximum atomic E-state index is 13.3. The van der Waals surface area contributed by atoms with Gasteiger partial charge in [0.25, 0.3) is 5.56 Å². The van der Waals surface area contributed by atoms with Gasteiger partial charge in [0.15, 0.2) is 5.82 Å². The first kappa shape index (κ1) is 24.7. The Balaban J connectivity index is 1.70. The number of aromatic nitrogens is 4. The van der Waals surface area contributed by atoms with Gasteiger partial charge in [-0.15, -0.1) is 0 Å². The Morgan fingerprint density at radius 1 is 1.11 bits per heavy atom. The van der Waals surface area contributed by atoms with E-state index in [9.17, 15) is 14.3 Å². The molecule has 0 saturated heterocycles. The lowest BCUT2D eigenvalue weighted by atomic mass is 10.0. The molecule has 2 heterocycles. The van der Waals surface area contributed by atoms with Crippen LogP contribution in [0, 0.1) is 19.7 Å². The molecule has 9 heteroatoms. The summed E-state index contributed by atoms with van der Waals surface area (Å²) in [6, 6.07) is 13.3. The van der Waals surface area contributed by atoms with Gasteiger partial charge in [-0.1, -0.05) is 24.3 Å². The van der Waals surface area contributed by atoms with Crippen molar-refractivity contribution >= 4 is 15.9 Å². The highest BCUT2D eigenvalue weighted by Crippen LogP contribution is 2.27. The van der Waals surface area contributed by atoms with E-state index in [1.807, 2.05) is 25.1 Å². The zero-order chi connectivity index (χ0) is 25.3. The summed E-state index contributed by atoms with van der Waals surface area (Å²) in [5.74, 6) is 0.567. The summed E-state index contributed by atoms with van der Waals surface area (Å²) in [6.07, 6.45) is 1.67. The second kappa shape index (κ2) is 9.67. The van der Waals surface area contributed by atoms with Crippen molar-refractivity contribution in [2.24, 2.45) is 0 Å². The van der Waals surface area contributed by atoms with Crippen molar-refractivity contribution in [3.05, 3.63) is 98.1 Å². The van der Waals surface area contributed by atoms with Crippen molar-refractivity contribution in [2.75, 3.05) is 0 Å². The van der Waals surface area contributed by atoms with E-state index in [-0.39, 0.29) is 28.3 Å². The number of hydrogen-bond acceptors (Lipinski definition) is 6. The summed E-state index contributed by atoms with van der Waals surface area (Å²) < 4.78 is 20.5. The molecule has 0 unspecified atom stereocenters. The molecule has 180 valence electrons. The molecular weight excluding hydrogens is 515 g/mol. The second-order valence-corrected chi connectivity index (χ2v) is 9.46. The highest BCUT2D eigenvalue weighted by atomic mass is 79.9. The lowest BCUT2D eigenvalue weighted by Crippen LogP contribution is -2.24. The van der Waals surface area contributed by atoms with Crippen LogP contribution < -0.4 is 10.3 Å². The lowest BCUT2D eigenvalue weighted by Gasteiger charge is -2.18. The molecule has 0 aliphatic rings. The minimum absolute atomic E-state index is 0.140. The Hall–Kier alpha value is -3.43. The summed E-state index contributed by atoms with van der Waals surface area (Å²) in [6.45, 7) is 7.00. The number of aryl methyl sites for hydroxylation is 2. The van der Waals surface area contributed by atoms with Crippen LogP contribution in [0.5, 0.6) is 5.88 Å². The van der Waals surface area contributed by atoms with E-state index < -0.39 is 5.60 Å². The molecule has 2 aromatic carbocycles. The van der Waals surface area contributed by atoms with Crippen LogP contribution in [0.4, 0.5) is 4.39 Å². The molecule has 0 aliphatic carbocycles. The van der Waals surface area contributed by atoms with Crippen LogP contribution in [-0.4, -0.2) is 24.6 Å². The Kier molecular flexibility index (Phi) is 6.82. The van der Waals surface area contributed by atoms with Crippen LogP contribution in [-0.2, 0) is 12.2 Å². The van der Waals surface area contributed by atoms with E-state index in [1.165, 1.54) is 16.7 Å². The first-order valence-corrected chi connectivity index (χ1v) is 11.7. The largest absolute Gasteiger partial charge is 0.472 e. The minimum Gasteiger partial charge on any atom is -0.472 e. The van der Waals surface area contributed by atoms with Gasteiger partial charge in [-0.25, -0.2) is 14.4 Å². The van der Waals surface area contributed by atoms with E-state index in [0.29, 0.717) is 23.0 Å². The van der Waals surface area contributed by atoms with Gasteiger partial charge in [-0.3, -0.25) is 9.36 Å². The predicted octanol–water partition coefficient (Wildman–Crippen LogP) is 5.01. The smallest absolute Gasteiger partial charge is 0.276 e. The van der Waals surface area contributed by atoms with E-state index >= 15 is 0 Å². The second-order valence-electron chi connectivity index (χ2n) is 8.67. The third-order valence-corrected chi connectivity index (χ3v) is 6.03. The third kappa shape index (κ3) is 5.31. The molecule has 0 spiro atoms. The van der Waals surface area contributed by atoms with Gasteiger partial charge >= 0.3 is 0 Å². The van der Waals surface area contributed by atoms with Gasteiger partial charge in [0, 0.05) is 11.8 Å². The standard InChI is InChI=1S/C26H24BrFN4O3/c1-15-13-29-25(26(3,4)34)31-22(15)18-6-5-7-20(12-18)32-16(2)30-23(21(27)24(32)33)35-14-17-8-10-19(28)11-9-17/h5-13,34H,14H2,1-4H3. The summed E-state index contributed by atoms with van der Waals surface area (Å²) in [4.78, 5) is 26.5. The van der Waals surface area contributed by atoms with Gasteiger partial charge in [0.05, 0.1) is 11.4 Å². The fourth-order valence-electron chi connectivity index (χ4n) is 3.54. The van der Waals surface area contributed by atoms with E-state index in [0.717, 1.165) is 16.7 Å². The highest BCUT2D eigenvalue weighted by molar-refractivity contribution is 9.10. The Morgan fingerprint density at radius 3 is 2.51 bits per heavy atom. The van der Waals surface area contributed by atoms with Gasteiger partial charge in [0.2, 0.25) is 5.88 Å². The quantitative estimate of drug-likeness (QED) is 0.371. The van der Waals surface area contributed by atoms with Crippen LogP contribution in [0.1, 0.15) is 36.6 Å². The number of ether oxygens (including phenoxy) is 1. The van der Waals surface area contributed by atoms with E-state index in [2.05, 4.69) is 30.9 Å². The predicted molar refractivity (Wildman–Crippen MR) is 134 cm³/mol. The van der Waals surface area contributed by atoms with E-state index in [1.54, 1.807) is 45.2 Å².